The minimum absolute atomic E-state index is 0.0777. The van der Waals surface area contributed by atoms with Crippen molar-refractivity contribution >= 4 is 26.8 Å². The van der Waals surface area contributed by atoms with Gasteiger partial charge < -0.3 is 0 Å². The van der Waals surface area contributed by atoms with Gasteiger partial charge in [0, 0.05) is 27.9 Å². The number of halogens is 2. The molecule has 0 N–H and O–H groups in total. The Labute approximate surface area is 132 Å². The molecular formula is C18H15BrFN. The minimum Gasteiger partial charge on any atom is -0.253 e. The smallest absolute Gasteiger partial charge is 0.130 e. The first-order valence-corrected chi connectivity index (χ1v) is 7.80. The first-order chi connectivity index (χ1) is 10.1. The predicted molar refractivity (Wildman–Crippen MR) is 88.3 cm³/mol. The van der Waals surface area contributed by atoms with E-state index in [2.05, 4.69) is 27.0 Å². The molecule has 1 atom stereocenters. The molecule has 0 aliphatic rings. The van der Waals surface area contributed by atoms with E-state index in [1.807, 2.05) is 42.5 Å². The molecule has 0 radical (unpaired) electrons. The fourth-order valence-electron chi connectivity index (χ4n) is 2.43. The summed E-state index contributed by atoms with van der Waals surface area (Å²) >= 11 is 3.59. The van der Waals surface area contributed by atoms with Gasteiger partial charge >= 0.3 is 0 Å². The molecule has 0 saturated carbocycles. The van der Waals surface area contributed by atoms with Crippen LogP contribution in [0, 0.1) is 12.7 Å². The van der Waals surface area contributed by atoms with E-state index in [0.29, 0.717) is 17.5 Å². The number of hydrogen-bond donors (Lipinski definition) is 0. The van der Waals surface area contributed by atoms with Crippen LogP contribution in [0.5, 0.6) is 0 Å². The Kier molecular flexibility index (Phi) is 4.02. The molecule has 0 fully saturated rings. The van der Waals surface area contributed by atoms with E-state index in [1.54, 1.807) is 13.0 Å². The van der Waals surface area contributed by atoms with Gasteiger partial charge in [0.2, 0.25) is 0 Å². The molecule has 3 heteroatoms. The average molecular weight is 344 g/mol. The maximum Gasteiger partial charge on any atom is 0.130 e. The van der Waals surface area contributed by atoms with Crippen LogP contribution in [0.15, 0.2) is 54.6 Å². The SMILES string of the molecule is Cc1cccc(C(Br)Cc2ccc3ccccc3n2)c1F. The molecule has 3 aromatic rings. The third-order valence-corrected chi connectivity index (χ3v) is 4.42. The van der Waals surface area contributed by atoms with E-state index in [0.717, 1.165) is 16.6 Å². The fraction of sp³-hybridized carbons (Fsp3) is 0.167. The monoisotopic (exact) mass is 343 g/mol. The van der Waals surface area contributed by atoms with Gasteiger partial charge in [0.25, 0.3) is 0 Å². The summed E-state index contributed by atoms with van der Waals surface area (Å²) in [6.45, 7) is 1.78. The Hall–Kier alpha value is -1.74. The maximum atomic E-state index is 14.2. The Morgan fingerprint density at radius 3 is 2.71 bits per heavy atom. The lowest BCUT2D eigenvalue weighted by Gasteiger charge is -2.12. The Balaban J connectivity index is 1.89. The third kappa shape index (κ3) is 2.98. The summed E-state index contributed by atoms with van der Waals surface area (Å²) in [7, 11) is 0. The van der Waals surface area contributed by atoms with Crippen LogP contribution < -0.4 is 0 Å². The molecule has 3 rings (SSSR count). The molecule has 0 amide bonds. The summed E-state index contributed by atoms with van der Waals surface area (Å²) in [6.07, 6.45) is 0.658. The van der Waals surface area contributed by atoms with Crippen molar-refractivity contribution in [1.82, 2.24) is 4.98 Å². The molecule has 0 bridgehead atoms. The van der Waals surface area contributed by atoms with Gasteiger partial charge in [0.1, 0.15) is 5.82 Å². The van der Waals surface area contributed by atoms with Gasteiger partial charge in [-0.3, -0.25) is 4.98 Å². The van der Waals surface area contributed by atoms with E-state index in [-0.39, 0.29) is 10.6 Å². The van der Waals surface area contributed by atoms with Crippen LogP contribution in [-0.4, -0.2) is 4.98 Å². The molecule has 1 heterocycles. The molecule has 0 aliphatic carbocycles. The van der Waals surface area contributed by atoms with Crippen molar-refractivity contribution in [2.24, 2.45) is 0 Å². The zero-order valence-corrected chi connectivity index (χ0v) is 13.3. The number of aromatic nitrogens is 1. The lowest BCUT2D eigenvalue weighted by Crippen LogP contribution is -2.01. The van der Waals surface area contributed by atoms with Gasteiger partial charge in [-0.25, -0.2) is 4.39 Å². The summed E-state index contributed by atoms with van der Waals surface area (Å²) in [5, 5.41) is 1.12. The number of nitrogens with zero attached hydrogens (tertiary/aromatic N) is 1. The number of fused-ring (bicyclic) bond motifs is 1. The Morgan fingerprint density at radius 1 is 1.05 bits per heavy atom. The van der Waals surface area contributed by atoms with E-state index in [9.17, 15) is 4.39 Å². The molecule has 0 saturated heterocycles. The fourth-order valence-corrected chi connectivity index (χ4v) is 3.11. The van der Waals surface area contributed by atoms with Crippen molar-refractivity contribution in [3.05, 3.63) is 77.2 Å². The molecule has 0 spiro atoms. The highest BCUT2D eigenvalue weighted by molar-refractivity contribution is 9.09. The van der Waals surface area contributed by atoms with Gasteiger partial charge in [-0.05, 0) is 24.6 Å². The Bertz CT molecular complexity index is 785. The zero-order chi connectivity index (χ0) is 14.8. The number of benzene rings is 2. The summed E-state index contributed by atoms with van der Waals surface area (Å²) in [4.78, 5) is 4.56. The molecule has 1 unspecified atom stereocenters. The second kappa shape index (κ2) is 5.94. The molecule has 0 aliphatic heterocycles. The molecular weight excluding hydrogens is 329 g/mol. The van der Waals surface area contributed by atoms with Crippen molar-refractivity contribution in [3.8, 4) is 0 Å². The van der Waals surface area contributed by atoms with Crippen LogP contribution in [0.2, 0.25) is 0 Å². The highest BCUT2D eigenvalue weighted by atomic mass is 79.9. The van der Waals surface area contributed by atoms with Crippen molar-refractivity contribution in [2.45, 2.75) is 18.2 Å². The van der Waals surface area contributed by atoms with Crippen LogP contribution in [0.4, 0.5) is 4.39 Å². The second-order valence-corrected chi connectivity index (χ2v) is 6.25. The third-order valence-electron chi connectivity index (χ3n) is 3.60. The van der Waals surface area contributed by atoms with E-state index in [4.69, 9.17) is 0 Å². The maximum absolute atomic E-state index is 14.2. The zero-order valence-electron chi connectivity index (χ0n) is 11.7. The van der Waals surface area contributed by atoms with Crippen molar-refractivity contribution in [3.63, 3.8) is 0 Å². The molecule has 2 aromatic carbocycles. The number of hydrogen-bond acceptors (Lipinski definition) is 1. The van der Waals surface area contributed by atoms with Crippen molar-refractivity contribution < 1.29 is 4.39 Å². The highest BCUT2D eigenvalue weighted by Crippen LogP contribution is 2.30. The highest BCUT2D eigenvalue weighted by Gasteiger charge is 2.15. The standard InChI is InChI=1S/C18H15BrFN/c1-12-5-4-7-15(18(12)20)16(19)11-14-10-9-13-6-2-3-8-17(13)21-14/h2-10,16H,11H2,1H3. The minimum atomic E-state index is -0.139. The number of para-hydroxylation sites is 1. The largest absolute Gasteiger partial charge is 0.253 e. The predicted octanol–water partition coefficient (Wildman–Crippen LogP) is 5.36. The van der Waals surface area contributed by atoms with Crippen LogP contribution in [-0.2, 0) is 6.42 Å². The van der Waals surface area contributed by atoms with Crippen LogP contribution in [0.1, 0.15) is 21.6 Å². The van der Waals surface area contributed by atoms with Crippen LogP contribution in [0.3, 0.4) is 0 Å². The van der Waals surface area contributed by atoms with Crippen LogP contribution in [0.25, 0.3) is 10.9 Å². The number of rotatable bonds is 3. The summed E-state index contributed by atoms with van der Waals surface area (Å²) in [5.74, 6) is -0.139. The van der Waals surface area contributed by atoms with Gasteiger partial charge in [-0.15, -0.1) is 0 Å². The van der Waals surface area contributed by atoms with Crippen molar-refractivity contribution in [1.29, 1.82) is 0 Å². The van der Waals surface area contributed by atoms with Gasteiger partial charge in [-0.1, -0.05) is 58.4 Å². The molecule has 106 valence electrons. The van der Waals surface area contributed by atoms with E-state index >= 15 is 0 Å². The normalized spacial score (nSPS) is 12.5. The summed E-state index contributed by atoms with van der Waals surface area (Å²) < 4.78 is 14.2. The number of alkyl halides is 1. The molecule has 21 heavy (non-hydrogen) atoms. The number of pyridine rings is 1. The average Bonchev–Trinajstić information content (AvgIpc) is 2.50. The lowest BCUT2D eigenvalue weighted by atomic mass is 10.0. The van der Waals surface area contributed by atoms with Crippen LogP contribution >= 0.6 is 15.9 Å². The van der Waals surface area contributed by atoms with Gasteiger partial charge in [0.05, 0.1) is 5.52 Å². The quantitative estimate of drug-likeness (QED) is 0.583. The molecule has 1 aromatic heterocycles. The molecule has 1 nitrogen and oxygen atoms in total. The number of aryl methyl sites for hydroxylation is 1. The van der Waals surface area contributed by atoms with Gasteiger partial charge in [-0.2, -0.15) is 0 Å². The summed E-state index contributed by atoms with van der Waals surface area (Å²) in [6, 6.07) is 17.6. The summed E-state index contributed by atoms with van der Waals surface area (Å²) in [5.41, 5.74) is 3.28. The topological polar surface area (TPSA) is 12.9 Å². The lowest BCUT2D eigenvalue weighted by molar-refractivity contribution is 0.598. The Morgan fingerprint density at radius 2 is 1.86 bits per heavy atom. The van der Waals surface area contributed by atoms with Crippen molar-refractivity contribution in [2.75, 3.05) is 0 Å². The first kappa shape index (κ1) is 14.2. The van der Waals surface area contributed by atoms with E-state index < -0.39 is 0 Å². The second-order valence-electron chi connectivity index (χ2n) is 5.15. The van der Waals surface area contributed by atoms with Gasteiger partial charge in [0.15, 0.2) is 0 Å². The van der Waals surface area contributed by atoms with E-state index in [1.165, 1.54) is 0 Å². The first-order valence-electron chi connectivity index (χ1n) is 6.89.